The van der Waals surface area contributed by atoms with Crippen LogP contribution in [-0.4, -0.2) is 24.1 Å². The molecule has 3 saturated carbocycles. The Morgan fingerprint density at radius 2 is 1.25 bits per heavy atom. The van der Waals surface area contributed by atoms with Crippen molar-refractivity contribution >= 4 is 11.9 Å². The maximum Gasteiger partial charge on any atom is 0.316 e. The van der Waals surface area contributed by atoms with Crippen LogP contribution in [0.25, 0.3) is 0 Å². The van der Waals surface area contributed by atoms with Gasteiger partial charge >= 0.3 is 11.9 Å². The molecular weight excluding hydrogens is 256 g/mol. The normalized spacial score (nSPS) is 55.8. The van der Waals surface area contributed by atoms with E-state index in [4.69, 9.17) is 9.47 Å². The number of ether oxygens (including phenoxy) is 2. The van der Waals surface area contributed by atoms with E-state index in [1.807, 2.05) is 0 Å². The molecule has 0 radical (unpaired) electrons. The van der Waals surface area contributed by atoms with Crippen LogP contribution in [0.2, 0.25) is 0 Å². The van der Waals surface area contributed by atoms with Crippen LogP contribution in [-0.2, 0) is 19.1 Å². The van der Waals surface area contributed by atoms with Crippen LogP contribution < -0.4 is 0 Å². The van der Waals surface area contributed by atoms with Crippen molar-refractivity contribution in [2.45, 2.75) is 63.6 Å². The van der Waals surface area contributed by atoms with Gasteiger partial charge in [-0.3, -0.25) is 9.59 Å². The minimum atomic E-state index is -0.499. The Balaban J connectivity index is 1.73. The molecule has 20 heavy (non-hydrogen) atoms. The lowest BCUT2D eigenvalue weighted by Gasteiger charge is -2.57. The Bertz CT molecular complexity index is 469. The first-order valence-corrected chi connectivity index (χ1v) is 8.10. The molecule has 0 aromatic carbocycles. The summed E-state index contributed by atoms with van der Waals surface area (Å²) in [5.41, 5.74) is -0.997. The van der Waals surface area contributed by atoms with E-state index in [9.17, 15) is 9.59 Å². The van der Waals surface area contributed by atoms with E-state index in [1.54, 1.807) is 0 Å². The lowest BCUT2D eigenvalue weighted by atomic mass is 9.56. The van der Waals surface area contributed by atoms with Crippen molar-refractivity contribution in [3.05, 3.63) is 0 Å². The second-order valence-electron chi connectivity index (χ2n) is 7.52. The summed E-state index contributed by atoms with van der Waals surface area (Å²) in [4.78, 5) is 25.4. The second-order valence-corrected chi connectivity index (χ2v) is 7.52. The first-order chi connectivity index (χ1) is 9.68. The maximum atomic E-state index is 12.7. The smallest absolute Gasteiger partial charge is 0.316 e. The van der Waals surface area contributed by atoms with Crippen LogP contribution in [0.1, 0.15) is 51.4 Å². The molecule has 4 nitrogen and oxygen atoms in total. The minimum Gasteiger partial charge on any atom is -0.461 e. The van der Waals surface area contributed by atoms with Gasteiger partial charge in [0.25, 0.3) is 0 Å². The third-order valence-electron chi connectivity index (χ3n) is 7.15. The van der Waals surface area contributed by atoms with E-state index in [2.05, 4.69) is 0 Å². The molecule has 4 bridgehead atoms. The minimum absolute atomic E-state index is 0.0570. The molecule has 2 unspecified atom stereocenters. The average molecular weight is 276 g/mol. The largest absolute Gasteiger partial charge is 0.461 e. The summed E-state index contributed by atoms with van der Waals surface area (Å²) in [6.45, 7) is 0. The highest BCUT2D eigenvalue weighted by atomic mass is 16.6. The fourth-order valence-corrected chi connectivity index (χ4v) is 6.23. The van der Waals surface area contributed by atoms with Gasteiger partial charge in [-0.05, 0) is 50.4 Å². The monoisotopic (exact) mass is 276 g/mol. The zero-order valence-electron chi connectivity index (χ0n) is 11.6. The van der Waals surface area contributed by atoms with Crippen LogP contribution in [0.3, 0.4) is 0 Å². The van der Waals surface area contributed by atoms with Crippen molar-refractivity contribution in [1.29, 1.82) is 0 Å². The molecule has 5 heterocycles. The number of carbonyl (C=O) groups excluding carboxylic acids is 2. The third-order valence-corrected chi connectivity index (χ3v) is 7.15. The molecule has 0 aromatic heterocycles. The van der Waals surface area contributed by atoms with Crippen molar-refractivity contribution in [3.8, 4) is 0 Å². The van der Waals surface area contributed by atoms with E-state index in [-0.39, 0.29) is 24.1 Å². The summed E-state index contributed by atoms with van der Waals surface area (Å²) in [5.74, 6) is 0.646. The quantitative estimate of drug-likeness (QED) is 0.636. The highest BCUT2D eigenvalue weighted by Gasteiger charge is 2.72. The highest BCUT2D eigenvalue weighted by molar-refractivity contribution is 5.86. The molecule has 3 aliphatic carbocycles. The van der Waals surface area contributed by atoms with Gasteiger partial charge < -0.3 is 9.47 Å². The molecular formula is C16H20O4. The van der Waals surface area contributed by atoms with Crippen molar-refractivity contribution in [1.82, 2.24) is 0 Å². The first-order valence-electron chi connectivity index (χ1n) is 8.10. The van der Waals surface area contributed by atoms with Crippen LogP contribution in [0.4, 0.5) is 0 Å². The summed E-state index contributed by atoms with van der Waals surface area (Å²) in [6.07, 6.45) is 7.39. The van der Waals surface area contributed by atoms with Gasteiger partial charge in [0.2, 0.25) is 0 Å². The maximum absolute atomic E-state index is 12.7. The first kappa shape index (κ1) is 11.6. The fraction of sp³-hybridized carbons (Fsp3) is 0.875. The lowest BCUT2D eigenvalue weighted by molar-refractivity contribution is -0.247. The molecule has 4 heteroatoms. The molecule has 8 fully saturated rings. The predicted octanol–water partition coefficient (Wildman–Crippen LogP) is 2.20. The Labute approximate surface area is 118 Å². The van der Waals surface area contributed by atoms with Crippen LogP contribution >= 0.6 is 0 Å². The molecule has 2 spiro atoms. The summed E-state index contributed by atoms with van der Waals surface area (Å²) in [6, 6.07) is 0. The van der Waals surface area contributed by atoms with E-state index in [0.29, 0.717) is 11.8 Å². The molecule has 8 rings (SSSR count). The molecule has 108 valence electrons. The zero-order valence-corrected chi connectivity index (χ0v) is 11.6. The Morgan fingerprint density at radius 1 is 0.800 bits per heavy atom. The van der Waals surface area contributed by atoms with E-state index < -0.39 is 10.8 Å². The van der Waals surface area contributed by atoms with E-state index >= 15 is 0 Å². The van der Waals surface area contributed by atoms with Crippen molar-refractivity contribution < 1.29 is 19.1 Å². The molecule has 0 aromatic rings. The van der Waals surface area contributed by atoms with Gasteiger partial charge in [-0.1, -0.05) is 12.8 Å². The van der Waals surface area contributed by atoms with Crippen molar-refractivity contribution in [2.24, 2.45) is 22.7 Å². The summed E-state index contributed by atoms with van der Waals surface area (Å²) >= 11 is 0. The number of rotatable bonds is 0. The molecule has 8 aliphatic rings. The zero-order chi connectivity index (χ0) is 13.5. The van der Waals surface area contributed by atoms with Gasteiger partial charge in [0.1, 0.15) is 23.0 Å². The second kappa shape index (κ2) is 3.40. The Hall–Kier alpha value is -1.06. The average Bonchev–Trinajstić information content (AvgIpc) is 3.01. The van der Waals surface area contributed by atoms with Gasteiger partial charge in [0.05, 0.1) is 0 Å². The lowest BCUT2D eigenvalue weighted by Crippen LogP contribution is -2.66. The van der Waals surface area contributed by atoms with Crippen molar-refractivity contribution in [2.75, 3.05) is 0 Å². The summed E-state index contributed by atoms with van der Waals surface area (Å²) in [7, 11) is 0. The highest BCUT2D eigenvalue weighted by Crippen LogP contribution is 2.65. The van der Waals surface area contributed by atoms with E-state index in [1.165, 1.54) is 0 Å². The molecule has 5 saturated heterocycles. The molecule has 0 N–H and O–H groups in total. The Kier molecular flexibility index (Phi) is 1.97. The number of hydrogen-bond acceptors (Lipinski definition) is 4. The third kappa shape index (κ3) is 1.02. The fourth-order valence-electron chi connectivity index (χ4n) is 6.23. The SMILES string of the molecule is O=C1O[C@@H]2CC3CCC[C@]13[C@@H]1CC3CCC[C@@]32C(=O)O1. The number of carbonyl (C=O) groups is 2. The molecule has 6 atom stereocenters. The molecule has 5 aliphatic heterocycles. The van der Waals surface area contributed by atoms with Gasteiger partial charge in [0.15, 0.2) is 0 Å². The van der Waals surface area contributed by atoms with Crippen LogP contribution in [0, 0.1) is 22.7 Å². The van der Waals surface area contributed by atoms with Gasteiger partial charge in [-0.2, -0.15) is 0 Å². The standard InChI is InChI=1S/C16H20O4/c17-13-15-5-1-3-9(15)7-12(20-13)16-6-2-4-10(16)8-11(15)19-14(16)18/h9-12H,1-8H2/t9?,10?,11-,12+,15-,16+. The van der Waals surface area contributed by atoms with Gasteiger partial charge in [0, 0.05) is 0 Å². The van der Waals surface area contributed by atoms with Crippen LogP contribution in [0.5, 0.6) is 0 Å². The predicted molar refractivity (Wildman–Crippen MR) is 68.5 cm³/mol. The van der Waals surface area contributed by atoms with Gasteiger partial charge in [-0.15, -0.1) is 0 Å². The molecule has 0 amide bonds. The van der Waals surface area contributed by atoms with Crippen molar-refractivity contribution in [3.63, 3.8) is 0 Å². The van der Waals surface area contributed by atoms with E-state index in [0.717, 1.165) is 51.4 Å². The van der Waals surface area contributed by atoms with Gasteiger partial charge in [-0.25, -0.2) is 0 Å². The topological polar surface area (TPSA) is 52.6 Å². The Morgan fingerprint density at radius 3 is 1.70 bits per heavy atom. The van der Waals surface area contributed by atoms with Crippen LogP contribution in [0.15, 0.2) is 0 Å². The number of esters is 2. The summed E-state index contributed by atoms with van der Waals surface area (Å²) < 4.78 is 11.7. The summed E-state index contributed by atoms with van der Waals surface area (Å²) in [5, 5.41) is 0. The number of hydrogen-bond donors (Lipinski definition) is 0.